The summed E-state index contributed by atoms with van der Waals surface area (Å²) in [6.45, 7) is 0.465. The van der Waals surface area contributed by atoms with Crippen molar-refractivity contribution < 1.29 is 13.2 Å². The Morgan fingerprint density at radius 3 is 2.07 bits per heavy atom. The highest BCUT2D eigenvalue weighted by molar-refractivity contribution is 7.89. The third-order valence-corrected chi connectivity index (χ3v) is 6.30. The summed E-state index contributed by atoms with van der Waals surface area (Å²) < 4.78 is 27.7. The van der Waals surface area contributed by atoms with Gasteiger partial charge in [-0.15, -0.1) is 0 Å². The predicted octanol–water partition coefficient (Wildman–Crippen LogP) is 2.89. The van der Waals surface area contributed by atoms with Crippen molar-refractivity contribution in [2.45, 2.75) is 17.2 Å². The van der Waals surface area contributed by atoms with Gasteiger partial charge in [-0.05, 0) is 30.7 Å². The van der Waals surface area contributed by atoms with Gasteiger partial charge in [0.15, 0.2) is 0 Å². The Balaban J connectivity index is 1.71. The van der Waals surface area contributed by atoms with Gasteiger partial charge in [0.25, 0.3) is 5.91 Å². The number of nitrogens with zero attached hydrogens (tertiary/aromatic N) is 1. The summed E-state index contributed by atoms with van der Waals surface area (Å²) in [5.74, 6) is -0.142. The molecule has 1 heterocycles. The number of hydrogen-bond donors (Lipinski definition) is 2. The molecule has 1 amide bonds. The maximum absolute atomic E-state index is 12.6. The topological polar surface area (TPSA) is 80.2 Å². The van der Waals surface area contributed by atoms with Gasteiger partial charge in [0.05, 0.1) is 0 Å². The van der Waals surface area contributed by atoms with Crippen LogP contribution in [0.4, 0.5) is 0 Å². The highest BCUT2D eigenvalue weighted by Crippen LogP contribution is 2.27. The number of hydrogen-bond acceptors (Lipinski definition) is 3. The van der Waals surface area contributed by atoms with Crippen LogP contribution in [0.25, 0.3) is 0 Å². The lowest BCUT2D eigenvalue weighted by Gasteiger charge is -2.18. The van der Waals surface area contributed by atoms with E-state index in [9.17, 15) is 13.2 Å². The second kappa shape index (κ2) is 9.07. The number of carbonyl (C=O) groups excluding carboxylic acids is 1. The van der Waals surface area contributed by atoms with Gasteiger partial charge in [0.1, 0.15) is 10.6 Å². The minimum Gasteiger partial charge on any atom is -0.351 e. The fourth-order valence-corrected chi connectivity index (χ4v) is 4.14. The molecule has 0 atom stereocenters. The average Bonchev–Trinajstić information content (AvgIpc) is 3.15. The molecule has 3 aromatic rings. The van der Waals surface area contributed by atoms with E-state index in [4.69, 9.17) is 0 Å². The second-order valence-corrected chi connectivity index (χ2v) is 8.68. The zero-order valence-electron chi connectivity index (χ0n) is 16.5. The largest absolute Gasteiger partial charge is 0.351 e. The Bertz CT molecular complexity index is 1020. The first-order valence-electron chi connectivity index (χ1n) is 9.40. The zero-order valence-corrected chi connectivity index (χ0v) is 17.3. The summed E-state index contributed by atoms with van der Waals surface area (Å²) in [6.07, 6.45) is 2.16. The van der Waals surface area contributed by atoms with E-state index in [2.05, 4.69) is 34.3 Å². The molecule has 6 nitrogen and oxygen atoms in total. The number of benzene rings is 2. The van der Waals surface area contributed by atoms with Gasteiger partial charge in [0.2, 0.25) is 10.0 Å². The Labute approximate surface area is 171 Å². The van der Waals surface area contributed by atoms with E-state index in [-0.39, 0.29) is 16.7 Å². The van der Waals surface area contributed by atoms with Crippen LogP contribution in [0.5, 0.6) is 0 Å². The Morgan fingerprint density at radius 1 is 1.00 bits per heavy atom. The van der Waals surface area contributed by atoms with E-state index >= 15 is 0 Å². The fraction of sp³-hybridized carbons (Fsp3) is 0.227. The third-order valence-electron chi connectivity index (χ3n) is 4.91. The van der Waals surface area contributed by atoms with Gasteiger partial charge in [0, 0.05) is 25.7 Å². The molecular weight excluding hydrogens is 386 g/mol. The van der Waals surface area contributed by atoms with Crippen LogP contribution in [0.3, 0.4) is 0 Å². The van der Waals surface area contributed by atoms with E-state index in [1.807, 2.05) is 36.4 Å². The van der Waals surface area contributed by atoms with E-state index < -0.39 is 10.0 Å². The van der Waals surface area contributed by atoms with E-state index in [0.29, 0.717) is 12.2 Å². The number of aryl methyl sites for hydroxylation is 1. The summed E-state index contributed by atoms with van der Waals surface area (Å²) in [5, 5.41) is 2.92. The van der Waals surface area contributed by atoms with Gasteiger partial charge in [-0.3, -0.25) is 4.79 Å². The van der Waals surface area contributed by atoms with E-state index in [1.165, 1.54) is 35.0 Å². The highest BCUT2D eigenvalue weighted by atomic mass is 32.2. The number of carbonyl (C=O) groups is 1. The van der Waals surface area contributed by atoms with Crippen LogP contribution in [0.2, 0.25) is 0 Å². The smallest absolute Gasteiger partial charge is 0.267 e. The second-order valence-electron chi connectivity index (χ2n) is 6.80. The standard InChI is InChI=1S/C22H25N3O3S/c1-23-29(27,28)19-15-21(25(2)16-19)22(26)24-14-13-20(17-9-5-3-6-10-17)18-11-7-4-8-12-18/h3-12,15-16,20,23H,13-14H2,1-2H3,(H,24,26). The van der Waals surface area contributed by atoms with Gasteiger partial charge in [-0.2, -0.15) is 0 Å². The molecule has 0 aliphatic rings. The van der Waals surface area contributed by atoms with Gasteiger partial charge >= 0.3 is 0 Å². The van der Waals surface area contributed by atoms with Crippen LogP contribution in [-0.2, 0) is 17.1 Å². The van der Waals surface area contributed by atoms with Crippen molar-refractivity contribution in [2.24, 2.45) is 7.05 Å². The summed E-state index contributed by atoms with van der Waals surface area (Å²) in [4.78, 5) is 12.7. The molecule has 0 fully saturated rings. The molecular formula is C22H25N3O3S. The molecule has 152 valence electrons. The number of rotatable bonds is 8. The number of aromatic nitrogens is 1. The summed E-state index contributed by atoms with van der Waals surface area (Å²) in [7, 11) is -0.594. The summed E-state index contributed by atoms with van der Waals surface area (Å²) >= 11 is 0. The molecule has 2 N–H and O–H groups in total. The third kappa shape index (κ3) is 4.93. The maximum Gasteiger partial charge on any atom is 0.267 e. The van der Waals surface area contributed by atoms with Crippen molar-refractivity contribution in [3.63, 3.8) is 0 Å². The monoisotopic (exact) mass is 411 g/mol. The van der Waals surface area contributed by atoms with Gasteiger partial charge in [-0.1, -0.05) is 60.7 Å². The number of amides is 1. The quantitative estimate of drug-likeness (QED) is 0.598. The molecule has 2 aromatic carbocycles. The molecule has 0 saturated heterocycles. The molecule has 0 saturated carbocycles. The summed E-state index contributed by atoms with van der Waals surface area (Å²) in [6, 6.07) is 21.8. The lowest BCUT2D eigenvalue weighted by molar-refractivity contribution is 0.0944. The van der Waals surface area contributed by atoms with Crippen LogP contribution in [0, 0.1) is 0 Å². The van der Waals surface area contributed by atoms with Crippen LogP contribution in [0.1, 0.15) is 34.0 Å². The normalized spacial score (nSPS) is 11.6. The van der Waals surface area contributed by atoms with Gasteiger partial charge in [-0.25, -0.2) is 13.1 Å². The average molecular weight is 412 g/mol. The van der Waals surface area contributed by atoms with Crippen LogP contribution < -0.4 is 10.0 Å². The molecule has 0 bridgehead atoms. The fourth-order valence-electron chi connectivity index (χ4n) is 3.34. The first-order chi connectivity index (χ1) is 13.9. The molecule has 0 radical (unpaired) electrons. The highest BCUT2D eigenvalue weighted by Gasteiger charge is 2.20. The molecule has 0 aliphatic heterocycles. The predicted molar refractivity (Wildman–Crippen MR) is 113 cm³/mol. The summed E-state index contributed by atoms with van der Waals surface area (Å²) in [5.41, 5.74) is 2.68. The Kier molecular flexibility index (Phi) is 6.51. The number of nitrogens with one attached hydrogen (secondary N) is 2. The van der Waals surface area contributed by atoms with Crippen molar-refractivity contribution in [3.05, 3.63) is 89.7 Å². The lowest BCUT2D eigenvalue weighted by atomic mass is 9.88. The van der Waals surface area contributed by atoms with Crippen molar-refractivity contribution in [2.75, 3.05) is 13.6 Å². The molecule has 0 aliphatic carbocycles. The van der Waals surface area contributed by atoms with E-state index in [0.717, 1.165) is 6.42 Å². The molecule has 3 rings (SSSR count). The Hall–Kier alpha value is -2.90. The molecule has 29 heavy (non-hydrogen) atoms. The first kappa shape index (κ1) is 20.8. The number of sulfonamides is 1. The molecule has 7 heteroatoms. The van der Waals surface area contributed by atoms with Crippen molar-refractivity contribution in [1.82, 2.24) is 14.6 Å². The molecule has 0 unspecified atom stereocenters. The molecule has 1 aromatic heterocycles. The minimum atomic E-state index is -3.59. The van der Waals surface area contributed by atoms with Crippen LogP contribution in [-0.4, -0.2) is 32.5 Å². The van der Waals surface area contributed by atoms with E-state index in [1.54, 1.807) is 7.05 Å². The SMILES string of the molecule is CNS(=O)(=O)c1cc(C(=O)NCCC(c2ccccc2)c2ccccc2)n(C)c1. The lowest BCUT2D eigenvalue weighted by Crippen LogP contribution is -2.27. The van der Waals surface area contributed by atoms with Crippen molar-refractivity contribution in [3.8, 4) is 0 Å². The minimum absolute atomic E-state index is 0.0686. The van der Waals surface area contributed by atoms with Gasteiger partial charge < -0.3 is 9.88 Å². The Morgan fingerprint density at radius 2 is 1.55 bits per heavy atom. The molecule has 0 spiro atoms. The first-order valence-corrected chi connectivity index (χ1v) is 10.9. The maximum atomic E-state index is 12.6. The zero-order chi connectivity index (χ0) is 20.9. The van der Waals surface area contributed by atoms with Crippen LogP contribution in [0.15, 0.2) is 77.8 Å². The van der Waals surface area contributed by atoms with Crippen molar-refractivity contribution in [1.29, 1.82) is 0 Å². The van der Waals surface area contributed by atoms with Crippen LogP contribution >= 0.6 is 0 Å². The van der Waals surface area contributed by atoms with Crippen molar-refractivity contribution >= 4 is 15.9 Å².